The molecule has 0 bridgehead atoms. The summed E-state index contributed by atoms with van der Waals surface area (Å²) in [6.07, 6.45) is 20.2. The molecular weight excluding hydrogens is 256 g/mol. The molecule has 1 aliphatic heterocycles. The van der Waals surface area contributed by atoms with Crippen molar-refractivity contribution in [1.82, 2.24) is 4.90 Å². The average molecular weight is 295 g/mol. The van der Waals surface area contributed by atoms with Gasteiger partial charge in [-0.3, -0.25) is 0 Å². The molecule has 2 heteroatoms. The number of piperidine rings is 1. The number of nitrogens with two attached hydrogens (primary N) is 1. The molecule has 21 heavy (non-hydrogen) atoms. The molecule has 124 valence electrons. The molecule has 0 aromatic carbocycles. The molecule has 1 aliphatic carbocycles. The maximum atomic E-state index is 5.72. The van der Waals surface area contributed by atoms with Gasteiger partial charge in [-0.1, -0.05) is 57.8 Å². The number of rotatable bonds is 3. The van der Waals surface area contributed by atoms with Gasteiger partial charge in [-0.15, -0.1) is 0 Å². The quantitative estimate of drug-likeness (QED) is 0.816. The van der Waals surface area contributed by atoms with Gasteiger partial charge in [0.15, 0.2) is 0 Å². The summed E-state index contributed by atoms with van der Waals surface area (Å²) in [6, 6.07) is 0.892. The molecule has 0 amide bonds. The van der Waals surface area contributed by atoms with Crippen LogP contribution in [0, 0.1) is 5.92 Å². The Balaban J connectivity index is 1.75. The number of nitrogens with zero attached hydrogens (tertiary/aromatic N) is 1. The van der Waals surface area contributed by atoms with Crippen LogP contribution in [0.2, 0.25) is 0 Å². The van der Waals surface area contributed by atoms with Crippen LogP contribution in [0.1, 0.15) is 89.9 Å². The summed E-state index contributed by atoms with van der Waals surface area (Å²) in [5.74, 6) is 0.914. The number of hydrogen-bond donors (Lipinski definition) is 1. The standard InChI is InChI=1S/C19H38N2/c20-15-12-18-13-16-21(17-14-18)19-10-8-6-4-2-1-3-5-7-9-11-19/h18-19H,1-17,20H2. The second-order valence-corrected chi connectivity index (χ2v) is 7.47. The van der Waals surface area contributed by atoms with Crippen molar-refractivity contribution < 1.29 is 0 Å². The van der Waals surface area contributed by atoms with E-state index in [1.165, 1.54) is 103 Å². The fourth-order valence-electron chi connectivity index (χ4n) is 4.35. The van der Waals surface area contributed by atoms with E-state index < -0.39 is 0 Å². The minimum atomic E-state index is 0.883. The maximum absolute atomic E-state index is 5.72. The summed E-state index contributed by atoms with van der Waals surface area (Å²) in [5, 5.41) is 0. The van der Waals surface area contributed by atoms with Gasteiger partial charge in [-0.25, -0.2) is 0 Å². The van der Waals surface area contributed by atoms with Crippen molar-refractivity contribution in [1.29, 1.82) is 0 Å². The zero-order chi connectivity index (χ0) is 14.8. The first-order chi connectivity index (χ1) is 10.4. The Kier molecular flexibility index (Phi) is 8.73. The van der Waals surface area contributed by atoms with Crippen molar-refractivity contribution in [3.8, 4) is 0 Å². The molecule has 2 rings (SSSR count). The Hall–Kier alpha value is -0.0800. The van der Waals surface area contributed by atoms with Crippen molar-refractivity contribution in [3.63, 3.8) is 0 Å². The van der Waals surface area contributed by atoms with Crippen LogP contribution in [0.15, 0.2) is 0 Å². The van der Waals surface area contributed by atoms with E-state index in [-0.39, 0.29) is 0 Å². The molecule has 1 heterocycles. The summed E-state index contributed by atoms with van der Waals surface area (Å²) in [4.78, 5) is 2.83. The van der Waals surface area contributed by atoms with Crippen LogP contribution in [0.25, 0.3) is 0 Å². The first-order valence-electron chi connectivity index (χ1n) is 9.84. The highest BCUT2D eigenvalue weighted by atomic mass is 15.2. The highest BCUT2D eigenvalue weighted by Gasteiger charge is 2.24. The third-order valence-electron chi connectivity index (χ3n) is 5.82. The van der Waals surface area contributed by atoms with E-state index in [4.69, 9.17) is 5.73 Å². The molecule has 0 aromatic heterocycles. The van der Waals surface area contributed by atoms with Gasteiger partial charge in [0.1, 0.15) is 0 Å². The lowest BCUT2D eigenvalue weighted by Gasteiger charge is -2.38. The summed E-state index contributed by atoms with van der Waals surface area (Å²) >= 11 is 0. The van der Waals surface area contributed by atoms with Gasteiger partial charge in [0.05, 0.1) is 0 Å². The van der Waals surface area contributed by atoms with Gasteiger partial charge in [0.25, 0.3) is 0 Å². The molecule has 2 N–H and O–H groups in total. The highest BCUT2D eigenvalue weighted by molar-refractivity contribution is 4.79. The second kappa shape index (κ2) is 10.6. The van der Waals surface area contributed by atoms with Crippen molar-refractivity contribution >= 4 is 0 Å². The summed E-state index contributed by atoms with van der Waals surface area (Å²) in [5.41, 5.74) is 5.72. The molecule has 0 unspecified atom stereocenters. The third kappa shape index (κ3) is 6.69. The Morgan fingerprint density at radius 3 is 1.62 bits per heavy atom. The van der Waals surface area contributed by atoms with Crippen molar-refractivity contribution in [3.05, 3.63) is 0 Å². The van der Waals surface area contributed by atoms with Crippen LogP contribution in [0.5, 0.6) is 0 Å². The van der Waals surface area contributed by atoms with Crippen molar-refractivity contribution in [2.75, 3.05) is 19.6 Å². The van der Waals surface area contributed by atoms with Gasteiger partial charge < -0.3 is 10.6 Å². The Morgan fingerprint density at radius 1 is 0.667 bits per heavy atom. The molecule has 2 nitrogen and oxygen atoms in total. The molecular formula is C19H38N2. The first kappa shape index (κ1) is 17.3. The van der Waals surface area contributed by atoms with E-state index in [0.717, 1.165) is 18.5 Å². The minimum Gasteiger partial charge on any atom is -0.330 e. The van der Waals surface area contributed by atoms with E-state index >= 15 is 0 Å². The normalized spacial score (nSPS) is 26.1. The van der Waals surface area contributed by atoms with Gasteiger partial charge in [-0.05, 0) is 57.7 Å². The predicted octanol–water partition coefficient (Wildman–Crippen LogP) is 4.72. The topological polar surface area (TPSA) is 29.3 Å². The maximum Gasteiger partial charge on any atom is 0.00952 e. The largest absolute Gasteiger partial charge is 0.330 e. The first-order valence-corrected chi connectivity index (χ1v) is 9.84. The van der Waals surface area contributed by atoms with E-state index in [1.54, 1.807) is 0 Å². The van der Waals surface area contributed by atoms with E-state index in [2.05, 4.69) is 4.90 Å². The van der Waals surface area contributed by atoms with Crippen LogP contribution >= 0.6 is 0 Å². The molecule has 2 aliphatic rings. The fraction of sp³-hybridized carbons (Fsp3) is 1.00. The van der Waals surface area contributed by atoms with Crippen molar-refractivity contribution in [2.24, 2.45) is 11.7 Å². The summed E-state index contributed by atoms with van der Waals surface area (Å²) in [6.45, 7) is 3.57. The van der Waals surface area contributed by atoms with E-state index in [1.807, 2.05) is 0 Å². The summed E-state index contributed by atoms with van der Waals surface area (Å²) < 4.78 is 0. The smallest absolute Gasteiger partial charge is 0.00952 e. The van der Waals surface area contributed by atoms with Gasteiger partial charge in [0.2, 0.25) is 0 Å². The lowest BCUT2D eigenvalue weighted by molar-refractivity contribution is 0.114. The fourth-order valence-corrected chi connectivity index (χ4v) is 4.35. The molecule has 0 spiro atoms. The zero-order valence-corrected chi connectivity index (χ0v) is 14.2. The lowest BCUT2D eigenvalue weighted by atomic mass is 9.90. The number of hydrogen-bond acceptors (Lipinski definition) is 2. The van der Waals surface area contributed by atoms with Crippen LogP contribution in [-0.2, 0) is 0 Å². The van der Waals surface area contributed by atoms with E-state index in [0.29, 0.717) is 0 Å². The van der Waals surface area contributed by atoms with Gasteiger partial charge in [0, 0.05) is 6.04 Å². The monoisotopic (exact) mass is 294 g/mol. The molecule has 0 atom stereocenters. The van der Waals surface area contributed by atoms with Crippen LogP contribution < -0.4 is 5.73 Å². The Morgan fingerprint density at radius 2 is 1.14 bits per heavy atom. The number of likely N-dealkylation sites (tertiary alicyclic amines) is 1. The van der Waals surface area contributed by atoms with Crippen molar-refractivity contribution in [2.45, 2.75) is 95.9 Å². The molecule has 0 aromatic rings. The molecule has 2 fully saturated rings. The molecule has 1 saturated heterocycles. The SMILES string of the molecule is NCCC1CCN(C2CCCCCCCCCCC2)CC1. The molecule has 0 radical (unpaired) electrons. The van der Waals surface area contributed by atoms with Crippen LogP contribution in [0.4, 0.5) is 0 Å². The van der Waals surface area contributed by atoms with Gasteiger partial charge in [-0.2, -0.15) is 0 Å². The predicted molar refractivity (Wildman–Crippen MR) is 92.5 cm³/mol. The zero-order valence-electron chi connectivity index (χ0n) is 14.2. The van der Waals surface area contributed by atoms with E-state index in [9.17, 15) is 0 Å². The van der Waals surface area contributed by atoms with Gasteiger partial charge >= 0.3 is 0 Å². The second-order valence-electron chi connectivity index (χ2n) is 7.47. The molecule has 1 saturated carbocycles. The Bertz CT molecular complexity index is 234. The lowest BCUT2D eigenvalue weighted by Crippen LogP contribution is -2.41. The van der Waals surface area contributed by atoms with Crippen LogP contribution in [0.3, 0.4) is 0 Å². The average Bonchev–Trinajstić information content (AvgIpc) is 2.49. The third-order valence-corrected chi connectivity index (χ3v) is 5.82. The summed E-state index contributed by atoms with van der Waals surface area (Å²) in [7, 11) is 0. The highest BCUT2D eigenvalue weighted by Crippen LogP contribution is 2.26. The minimum absolute atomic E-state index is 0.883. The van der Waals surface area contributed by atoms with Crippen LogP contribution in [-0.4, -0.2) is 30.6 Å². The Labute approximate surface area is 132 Å².